The van der Waals surface area contributed by atoms with Gasteiger partial charge in [0.05, 0.1) is 26.0 Å². The number of aryl methyl sites for hydroxylation is 1. The minimum Gasteiger partial charge on any atom is -0.479 e. The van der Waals surface area contributed by atoms with Crippen LogP contribution < -0.4 is 10.1 Å². The summed E-state index contributed by atoms with van der Waals surface area (Å²) in [6, 6.07) is 0. The predicted molar refractivity (Wildman–Crippen MR) is 116 cm³/mol. The molecule has 0 saturated heterocycles. The number of rotatable bonds is 11. The molecule has 0 aliphatic carbocycles. The van der Waals surface area contributed by atoms with E-state index < -0.39 is 0 Å². The van der Waals surface area contributed by atoms with Gasteiger partial charge < -0.3 is 9.47 Å². The highest BCUT2D eigenvalue weighted by Gasteiger charge is 2.21. The van der Waals surface area contributed by atoms with E-state index in [-0.39, 0.29) is 11.7 Å². The number of nitrogens with one attached hydrogen (secondary N) is 1. The smallest absolute Gasteiger partial charge is 0.243 e. The number of aromatic nitrogens is 7. The molecular weight excluding hydrogens is 448 g/mol. The Morgan fingerprint density at radius 1 is 1.23 bits per heavy atom. The molecule has 0 aliphatic heterocycles. The number of hydrogen-bond acceptors (Lipinski definition) is 11. The molecule has 0 saturated carbocycles. The van der Waals surface area contributed by atoms with E-state index in [1.165, 1.54) is 23.1 Å². The van der Waals surface area contributed by atoms with Crippen molar-refractivity contribution in [3.05, 3.63) is 6.20 Å². The lowest BCUT2D eigenvalue weighted by atomic mass is 10.3. The molecule has 0 radical (unpaired) electrons. The number of ether oxygens (including phenoxy) is 2. The molecule has 0 aliphatic rings. The summed E-state index contributed by atoms with van der Waals surface area (Å²) in [6.07, 6.45) is 1.81. The SMILES string of the molecule is CCSc1nnc(NC(=O)CSc2nnc(-c3cn(C)nc3OC)n2CCOC)s1. The molecule has 0 atom stereocenters. The minimum absolute atomic E-state index is 0.158. The van der Waals surface area contributed by atoms with E-state index in [0.29, 0.717) is 35.1 Å². The third-order valence-corrected chi connectivity index (χ3v) is 6.54. The molecule has 14 heteroatoms. The Bertz CT molecular complexity index is 986. The maximum atomic E-state index is 12.3. The zero-order valence-corrected chi connectivity index (χ0v) is 19.4. The van der Waals surface area contributed by atoms with Gasteiger partial charge in [-0.15, -0.1) is 25.5 Å². The third kappa shape index (κ3) is 5.50. The summed E-state index contributed by atoms with van der Waals surface area (Å²) in [6.45, 7) is 3.03. The second-order valence-electron chi connectivity index (χ2n) is 5.82. The lowest BCUT2D eigenvalue weighted by molar-refractivity contribution is -0.113. The molecule has 11 nitrogen and oxygen atoms in total. The molecule has 3 rings (SSSR count). The summed E-state index contributed by atoms with van der Waals surface area (Å²) in [4.78, 5) is 12.3. The van der Waals surface area contributed by atoms with Crippen molar-refractivity contribution in [1.82, 2.24) is 34.7 Å². The maximum absolute atomic E-state index is 12.3. The average Bonchev–Trinajstić information content (AvgIpc) is 3.43. The van der Waals surface area contributed by atoms with Crippen LogP contribution in [0.25, 0.3) is 11.4 Å². The van der Waals surface area contributed by atoms with Crippen molar-refractivity contribution >= 4 is 45.9 Å². The van der Waals surface area contributed by atoms with Crippen molar-refractivity contribution in [2.45, 2.75) is 23.0 Å². The van der Waals surface area contributed by atoms with Crippen LogP contribution in [-0.2, 0) is 23.1 Å². The summed E-state index contributed by atoms with van der Waals surface area (Å²) < 4.78 is 14.9. The van der Waals surface area contributed by atoms with E-state index in [9.17, 15) is 4.79 Å². The van der Waals surface area contributed by atoms with Gasteiger partial charge in [0.1, 0.15) is 5.56 Å². The highest BCUT2D eigenvalue weighted by molar-refractivity contribution is 8.01. The Kier molecular flexibility index (Phi) is 8.07. The molecule has 0 unspecified atom stereocenters. The van der Waals surface area contributed by atoms with E-state index in [0.717, 1.165) is 15.7 Å². The number of nitrogens with zero attached hydrogens (tertiary/aromatic N) is 7. The monoisotopic (exact) mass is 470 g/mol. The second kappa shape index (κ2) is 10.7. The van der Waals surface area contributed by atoms with Gasteiger partial charge in [-0.2, -0.15) is 0 Å². The van der Waals surface area contributed by atoms with Crippen molar-refractivity contribution in [3.8, 4) is 17.3 Å². The van der Waals surface area contributed by atoms with Crippen molar-refractivity contribution in [2.75, 3.05) is 37.6 Å². The van der Waals surface area contributed by atoms with Crippen LogP contribution in [-0.4, -0.2) is 73.0 Å². The average molecular weight is 471 g/mol. The van der Waals surface area contributed by atoms with Gasteiger partial charge in [0.25, 0.3) is 0 Å². The van der Waals surface area contributed by atoms with E-state index in [1.54, 1.807) is 37.7 Å². The van der Waals surface area contributed by atoms with E-state index in [1.807, 2.05) is 17.7 Å². The maximum Gasteiger partial charge on any atom is 0.243 e. The van der Waals surface area contributed by atoms with Crippen LogP contribution in [0.2, 0.25) is 0 Å². The molecule has 0 spiro atoms. The van der Waals surface area contributed by atoms with Gasteiger partial charge in [0, 0.05) is 20.4 Å². The first-order chi connectivity index (χ1) is 14.5. The Balaban J connectivity index is 1.71. The minimum atomic E-state index is -0.189. The van der Waals surface area contributed by atoms with Crippen LogP contribution in [0.1, 0.15) is 6.92 Å². The number of anilines is 1. The topological polar surface area (TPSA) is 122 Å². The first-order valence-corrected chi connectivity index (χ1v) is 11.7. The van der Waals surface area contributed by atoms with Crippen LogP contribution in [0, 0.1) is 0 Å². The molecule has 30 heavy (non-hydrogen) atoms. The number of carbonyl (C=O) groups excluding carboxylic acids is 1. The zero-order valence-electron chi connectivity index (χ0n) is 17.0. The lowest BCUT2D eigenvalue weighted by Gasteiger charge is -2.09. The highest BCUT2D eigenvalue weighted by atomic mass is 32.2. The van der Waals surface area contributed by atoms with Crippen molar-refractivity contribution in [1.29, 1.82) is 0 Å². The van der Waals surface area contributed by atoms with E-state index in [2.05, 4.69) is 30.8 Å². The summed E-state index contributed by atoms with van der Waals surface area (Å²) >= 11 is 4.23. The van der Waals surface area contributed by atoms with Gasteiger partial charge in [-0.25, -0.2) is 0 Å². The van der Waals surface area contributed by atoms with Crippen LogP contribution in [0.15, 0.2) is 15.7 Å². The van der Waals surface area contributed by atoms with Gasteiger partial charge in [0.2, 0.25) is 16.9 Å². The molecule has 0 fully saturated rings. The molecule has 3 aromatic rings. The Labute approximate surface area is 185 Å². The summed E-state index contributed by atoms with van der Waals surface area (Å²) in [5, 5.41) is 24.7. The quantitative estimate of drug-likeness (QED) is 0.329. The van der Waals surface area contributed by atoms with Gasteiger partial charge in [-0.05, 0) is 5.75 Å². The molecule has 1 amide bonds. The summed E-state index contributed by atoms with van der Waals surface area (Å²) in [7, 11) is 4.99. The molecule has 0 aromatic carbocycles. The summed E-state index contributed by atoms with van der Waals surface area (Å²) in [5.74, 6) is 1.93. The van der Waals surface area contributed by atoms with Gasteiger partial charge in [0.15, 0.2) is 15.3 Å². The predicted octanol–water partition coefficient (Wildman–Crippen LogP) is 2.03. The Morgan fingerprint density at radius 2 is 2.07 bits per heavy atom. The standard InChI is InChI=1S/C16H22N8O3S3/c1-5-28-16-21-19-14(30-16)17-11(25)9-29-15-20-18-12(24(15)6-7-26-3)10-8-23(2)22-13(10)27-4/h8H,5-7,9H2,1-4H3,(H,17,19,25). The van der Waals surface area contributed by atoms with Crippen LogP contribution in [0.4, 0.5) is 5.13 Å². The molecular formula is C16H22N8O3S3. The van der Waals surface area contributed by atoms with Gasteiger partial charge in [-0.3, -0.25) is 19.4 Å². The van der Waals surface area contributed by atoms with Crippen molar-refractivity contribution in [3.63, 3.8) is 0 Å². The van der Waals surface area contributed by atoms with Crippen LogP contribution in [0.5, 0.6) is 5.88 Å². The Morgan fingerprint density at radius 3 is 2.80 bits per heavy atom. The summed E-state index contributed by atoms with van der Waals surface area (Å²) in [5.41, 5.74) is 0.717. The fourth-order valence-electron chi connectivity index (χ4n) is 2.48. The van der Waals surface area contributed by atoms with E-state index >= 15 is 0 Å². The molecule has 3 aromatic heterocycles. The fourth-order valence-corrected chi connectivity index (χ4v) is 4.91. The van der Waals surface area contributed by atoms with Crippen molar-refractivity contribution in [2.24, 2.45) is 7.05 Å². The molecule has 0 bridgehead atoms. The first kappa shape index (κ1) is 22.5. The Hall–Kier alpha value is -2.16. The van der Waals surface area contributed by atoms with E-state index in [4.69, 9.17) is 9.47 Å². The lowest BCUT2D eigenvalue weighted by Crippen LogP contribution is -2.15. The fraction of sp³-hybridized carbons (Fsp3) is 0.500. The zero-order chi connectivity index (χ0) is 21.5. The number of methoxy groups -OCH3 is 2. The van der Waals surface area contributed by atoms with Crippen LogP contribution in [0.3, 0.4) is 0 Å². The normalized spacial score (nSPS) is 11.1. The van der Waals surface area contributed by atoms with Gasteiger partial charge >= 0.3 is 0 Å². The van der Waals surface area contributed by atoms with Gasteiger partial charge in [-0.1, -0.05) is 41.8 Å². The number of thioether (sulfide) groups is 2. The number of amides is 1. The van der Waals surface area contributed by atoms with Crippen molar-refractivity contribution < 1.29 is 14.3 Å². The highest BCUT2D eigenvalue weighted by Crippen LogP contribution is 2.30. The second-order valence-corrected chi connectivity index (χ2v) is 9.25. The van der Waals surface area contributed by atoms with Crippen LogP contribution >= 0.6 is 34.9 Å². The molecule has 1 N–H and O–H groups in total. The molecule has 162 valence electrons. The largest absolute Gasteiger partial charge is 0.479 e. The number of hydrogen-bond donors (Lipinski definition) is 1. The molecule has 3 heterocycles. The first-order valence-electron chi connectivity index (χ1n) is 8.94. The number of carbonyl (C=O) groups is 1. The third-order valence-electron chi connectivity index (χ3n) is 3.72.